The largest absolute Gasteiger partial charge is 0.494 e. The standard InChI is InChI=1S/C19H24N2O2/c1-4-13-23-18-11-9-17(10-12-18)21-19(22)20-16-7-5-15(6-8-16)14(2)3/h5-12,14H,4,13H2,1-3H3,(H2,20,21,22). The number of hydrogen-bond acceptors (Lipinski definition) is 2. The molecule has 0 radical (unpaired) electrons. The Morgan fingerprint density at radius 1 is 0.957 bits per heavy atom. The number of anilines is 2. The summed E-state index contributed by atoms with van der Waals surface area (Å²) in [7, 11) is 0. The van der Waals surface area contributed by atoms with Gasteiger partial charge in [0.15, 0.2) is 0 Å². The number of urea groups is 1. The molecule has 2 N–H and O–H groups in total. The van der Waals surface area contributed by atoms with Crippen molar-refractivity contribution in [2.75, 3.05) is 17.2 Å². The summed E-state index contributed by atoms with van der Waals surface area (Å²) >= 11 is 0. The normalized spacial score (nSPS) is 10.4. The second-order valence-electron chi connectivity index (χ2n) is 5.73. The lowest BCUT2D eigenvalue weighted by Gasteiger charge is -2.10. The predicted molar refractivity (Wildman–Crippen MR) is 95.4 cm³/mol. The second-order valence-corrected chi connectivity index (χ2v) is 5.73. The Labute approximate surface area is 137 Å². The molecule has 2 aromatic carbocycles. The molecule has 2 rings (SSSR count). The molecule has 0 spiro atoms. The maximum Gasteiger partial charge on any atom is 0.323 e. The minimum absolute atomic E-state index is 0.260. The SMILES string of the molecule is CCCOc1ccc(NC(=O)Nc2ccc(C(C)C)cc2)cc1. The van der Waals surface area contributed by atoms with E-state index in [-0.39, 0.29) is 6.03 Å². The second kappa shape index (κ2) is 8.22. The van der Waals surface area contributed by atoms with E-state index in [4.69, 9.17) is 4.74 Å². The van der Waals surface area contributed by atoms with E-state index in [2.05, 4.69) is 31.4 Å². The van der Waals surface area contributed by atoms with Crippen molar-refractivity contribution in [2.24, 2.45) is 0 Å². The van der Waals surface area contributed by atoms with Gasteiger partial charge in [0.2, 0.25) is 0 Å². The first kappa shape index (κ1) is 16.9. The maximum absolute atomic E-state index is 12.0. The average molecular weight is 312 g/mol. The number of carbonyl (C=O) groups is 1. The fraction of sp³-hybridized carbons (Fsp3) is 0.316. The summed E-state index contributed by atoms with van der Waals surface area (Å²) in [5, 5.41) is 5.63. The number of ether oxygens (including phenoxy) is 1. The van der Waals surface area contributed by atoms with Crippen molar-refractivity contribution < 1.29 is 9.53 Å². The zero-order chi connectivity index (χ0) is 16.7. The molecule has 23 heavy (non-hydrogen) atoms. The highest BCUT2D eigenvalue weighted by Crippen LogP contribution is 2.18. The molecular weight excluding hydrogens is 288 g/mol. The van der Waals surface area contributed by atoms with Crippen molar-refractivity contribution in [3.8, 4) is 5.75 Å². The van der Waals surface area contributed by atoms with Crippen molar-refractivity contribution in [1.29, 1.82) is 0 Å². The van der Waals surface area contributed by atoms with Gasteiger partial charge in [0.1, 0.15) is 5.75 Å². The van der Waals surface area contributed by atoms with Crippen LogP contribution in [-0.4, -0.2) is 12.6 Å². The molecule has 0 bridgehead atoms. The van der Waals surface area contributed by atoms with Crippen LogP contribution in [0.2, 0.25) is 0 Å². The van der Waals surface area contributed by atoms with Gasteiger partial charge < -0.3 is 15.4 Å². The van der Waals surface area contributed by atoms with Gasteiger partial charge in [-0.05, 0) is 54.3 Å². The van der Waals surface area contributed by atoms with Crippen LogP contribution in [0.1, 0.15) is 38.7 Å². The van der Waals surface area contributed by atoms with Crippen molar-refractivity contribution in [1.82, 2.24) is 0 Å². The van der Waals surface area contributed by atoms with Crippen LogP contribution in [0, 0.1) is 0 Å². The van der Waals surface area contributed by atoms with Crippen LogP contribution in [0.5, 0.6) is 5.75 Å². The monoisotopic (exact) mass is 312 g/mol. The number of nitrogens with one attached hydrogen (secondary N) is 2. The van der Waals surface area contributed by atoms with E-state index in [9.17, 15) is 4.79 Å². The molecule has 0 aromatic heterocycles. The molecule has 0 atom stereocenters. The average Bonchev–Trinajstić information content (AvgIpc) is 2.54. The molecule has 0 heterocycles. The van der Waals surface area contributed by atoms with Crippen LogP contribution in [0.15, 0.2) is 48.5 Å². The first-order valence-electron chi connectivity index (χ1n) is 7.99. The van der Waals surface area contributed by atoms with Crippen molar-refractivity contribution >= 4 is 17.4 Å². The lowest BCUT2D eigenvalue weighted by atomic mass is 10.0. The molecule has 0 fully saturated rings. The summed E-state index contributed by atoms with van der Waals surface area (Å²) in [4.78, 5) is 12.0. The fourth-order valence-corrected chi connectivity index (χ4v) is 2.10. The topological polar surface area (TPSA) is 50.4 Å². The van der Waals surface area contributed by atoms with Crippen LogP contribution in [0.25, 0.3) is 0 Å². The Balaban J connectivity index is 1.88. The van der Waals surface area contributed by atoms with Gasteiger partial charge in [0.05, 0.1) is 6.61 Å². The van der Waals surface area contributed by atoms with Gasteiger partial charge in [-0.2, -0.15) is 0 Å². The van der Waals surface area contributed by atoms with E-state index in [1.165, 1.54) is 5.56 Å². The number of hydrogen-bond donors (Lipinski definition) is 2. The number of rotatable bonds is 6. The molecule has 0 saturated carbocycles. The van der Waals surface area contributed by atoms with Gasteiger partial charge >= 0.3 is 6.03 Å². The highest BCUT2D eigenvalue weighted by molar-refractivity contribution is 5.99. The first-order valence-corrected chi connectivity index (χ1v) is 7.99. The van der Waals surface area contributed by atoms with E-state index in [0.29, 0.717) is 12.5 Å². The van der Waals surface area contributed by atoms with Crippen molar-refractivity contribution in [3.63, 3.8) is 0 Å². The zero-order valence-electron chi connectivity index (χ0n) is 13.9. The van der Waals surface area contributed by atoms with Gasteiger partial charge in [0.25, 0.3) is 0 Å². The van der Waals surface area contributed by atoms with E-state index < -0.39 is 0 Å². The van der Waals surface area contributed by atoms with E-state index in [0.717, 1.165) is 23.5 Å². The van der Waals surface area contributed by atoms with Crippen molar-refractivity contribution in [2.45, 2.75) is 33.1 Å². The maximum atomic E-state index is 12.0. The number of amides is 2. The summed E-state index contributed by atoms with van der Waals surface area (Å²) in [6, 6.07) is 15.0. The smallest absolute Gasteiger partial charge is 0.323 e. The molecule has 4 nitrogen and oxygen atoms in total. The minimum atomic E-state index is -0.260. The molecular formula is C19H24N2O2. The molecule has 122 valence electrons. The molecule has 2 amide bonds. The van der Waals surface area contributed by atoms with Crippen LogP contribution in [-0.2, 0) is 0 Å². The predicted octanol–water partition coefficient (Wildman–Crippen LogP) is 5.24. The van der Waals surface area contributed by atoms with E-state index >= 15 is 0 Å². The lowest BCUT2D eigenvalue weighted by molar-refractivity contribution is 0.262. The Kier molecular flexibility index (Phi) is 6.03. The third-order valence-electron chi connectivity index (χ3n) is 3.42. The minimum Gasteiger partial charge on any atom is -0.494 e. The number of carbonyl (C=O) groups excluding carboxylic acids is 1. The molecule has 4 heteroatoms. The van der Waals surface area contributed by atoms with Crippen LogP contribution < -0.4 is 15.4 Å². The Morgan fingerprint density at radius 3 is 1.96 bits per heavy atom. The van der Waals surface area contributed by atoms with Gasteiger partial charge in [-0.3, -0.25) is 0 Å². The summed E-state index contributed by atoms with van der Waals surface area (Å²) in [5.41, 5.74) is 2.75. The summed E-state index contributed by atoms with van der Waals surface area (Å²) in [6.45, 7) is 7.04. The summed E-state index contributed by atoms with van der Waals surface area (Å²) < 4.78 is 5.51. The first-order chi connectivity index (χ1) is 11.1. The third-order valence-corrected chi connectivity index (χ3v) is 3.42. The van der Waals surface area contributed by atoms with Gasteiger partial charge in [-0.15, -0.1) is 0 Å². The Bertz CT molecular complexity index is 619. The van der Waals surface area contributed by atoms with Gasteiger partial charge in [0, 0.05) is 11.4 Å². The quantitative estimate of drug-likeness (QED) is 0.766. The van der Waals surface area contributed by atoms with Gasteiger partial charge in [-0.1, -0.05) is 32.9 Å². The number of benzene rings is 2. The lowest BCUT2D eigenvalue weighted by Crippen LogP contribution is -2.19. The molecule has 0 aliphatic heterocycles. The zero-order valence-corrected chi connectivity index (χ0v) is 13.9. The summed E-state index contributed by atoms with van der Waals surface area (Å²) in [6.07, 6.45) is 0.970. The molecule has 0 unspecified atom stereocenters. The molecule has 0 aliphatic rings. The van der Waals surface area contributed by atoms with Crippen LogP contribution in [0.3, 0.4) is 0 Å². The Morgan fingerprint density at radius 2 is 1.48 bits per heavy atom. The summed E-state index contributed by atoms with van der Waals surface area (Å²) in [5.74, 6) is 1.29. The Hall–Kier alpha value is -2.49. The fourth-order valence-electron chi connectivity index (χ4n) is 2.10. The third kappa shape index (κ3) is 5.33. The van der Waals surface area contributed by atoms with Gasteiger partial charge in [-0.25, -0.2) is 4.79 Å². The molecule has 2 aromatic rings. The highest BCUT2D eigenvalue weighted by atomic mass is 16.5. The van der Waals surface area contributed by atoms with E-state index in [1.807, 2.05) is 48.5 Å². The van der Waals surface area contributed by atoms with E-state index in [1.54, 1.807) is 0 Å². The highest BCUT2D eigenvalue weighted by Gasteiger charge is 2.04. The van der Waals surface area contributed by atoms with Crippen LogP contribution >= 0.6 is 0 Å². The van der Waals surface area contributed by atoms with Crippen LogP contribution in [0.4, 0.5) is 16.2 Å². The molecule has 0 aliphatic carbocycles. The molecule has 0 saturated heterocycles. The van der Waals surface area contributed by atoms with Crippen molar-refractivity contribution in [3.05, 3.63) is 54.1 Å².